The van der Waals surface area contributed by atoms with Crippen molar-refractivity contribution in [3.05, 3.63) is 16.6 Å². The maximum absolute atomic E-state index is 5.57. The second kappa shape index (κ2) is 7.27. The van der Waals surface area contributed by atoms with Crippen LogP contribution in [0, 0.1) is 0 Å². The first kappa shape index (κ1) is 14.0. The molecule has 0 amide bonds. The lowest BCUT2D eigenvalue weighted by atomic mass is 10.1. The van der Waals surface area contributed by atoms with Gasteiger partial charge in [-0.05, 0) is 27.4 Å². The molecule has 1 aromatic heterocycles. The highest BCUT2D eigenvalue weighted by atomic mass is 32.2. The van der Waals surface area contributed by atoms with Crippen molar-refractivity contribution in [3.8, 4) is 0 Å². The number of hydrogen-bond donors (Lipinski definition) is 1. The Morgan fingerprint density at radius 1 is 1.56 bits per heavy atom. The summed E-state index contributed by atoms with van der Waals surface area (Å²) >= 11 is 3.59. The Labute approximate surface area is 106 Å². The molecule has 0 aliphatic heterocycles. The summed E-state index contributed by atoms with van der Waals surface area (Å²) in [5.74, 6) is 1.00. The molecule has 0 radical (unpaired) electrons. The first-order valence-corrected chi connectivity index (χ1v) is 7.50. The van der Waals surface area contributed by atoms with Gasteiger partial charge in [-0.1, -0.05) is 0 Å². The summed E-state index contributed by atoms with van der Waals surface area (Å²) < 4.78 is 0. The van der Waals surface area contributed by atoms with Crippen molar-refractivity contribution in [3.63, 3.8) is 0 Å². The summed E-state index contributed by atoms with van der Waals surface area (Å²) in [6.45, 7) is 2.99. The van der Waals surface area contributed by atoms with Crippen LogP contribution in [0.5, 0.6) is 0 Å². The van der Waals surface area contributed by atoms with Gasteiger partial charge in [-0.3, -0.25) is 0 Å². The summed E-state index contributed by atoms with van der Waals surface area (Å²) in [6.07, 6.45) is 1.13. The van der Waals surface area contributed by atoms with Crippen molar-refractivity contribution in [1.82, 2.24) is 9.88 Å². The van der Waals surface area contributed by atoms with Gasteiger partial charge in [0.15, 0.2) is 0 Å². The van der Waals surface area contributed by atoms with Crippen molar-refractivity contribution in [2.75, 3.05) is 26.4 Å². The van der Waals surface area contributed by atoms with Crippen molar-refractivity contribution >= 4 is 23.1 Å². The zero-order valence-electron chi connectivity index (χ0n) is 10.2. The number of rotatable bonds is 7. The predicted molar refractivity (Wildman–Crippen MR) is 74.1 cm³/mol. The number of thiazole rings is 1. The zero-order chi connectivity index (χ0) is 12.0. The molecule has 0 aliphatic rings. The van der Waals surface area contributed by atoms with Gasteiger partial charge in [0.2, 0.25) is 0 Å². The SMILES string of the molecule is CC(CC(SCCN)c1cscn1)N(C)C. The lowest BCUT2D eigenvalue weighted by molar-refractivity contribution is 0.297. The van der Waals surface area contributed by atoms with Gasteiger partial charge < -0.3 is 10.6 Å². The molecule has 3 nitrogen and oxygen atoms in total. The molecule has 0 saturated heterocycles. The van der Waals surface area contributed by atoms with Gasteiger partial charge in [-0.2, -0.15) is 11.8 Å². The Kier molecular flexibility index (Phi) is 6.34. The molecule has 5 heteroatoms. The standard InChI is InChI=1S/C11H21N3S2/c1-9(14(2)3)6-11(16-5-4-12)10-7-15-8-13-10/h7-9,11H,4-6,12H2,1-3H3. The third kappa shape index (κ3) is 4.41. The molecule has 2 N–H and O–H groups in total. The highest BCUT2D eigenvalue weighted by molar-refractivity contribution is 7.99. The lowest BCUT2D eigenvalue weighted by Gasteiger charge is -2.24. The van der Waals surface area contributed by atoms with Gasteiger partial charge in [0.1, 0.15) is 0 Å². The topological polar surface area (TPSA) is 42.1 Å². The molecule has 2 atom stereocenters. The zero-order valence-corrected chi connectivity index (χ0v) is 11.9. The van der Waals surface area contributed by atoms with Crippen LogP contribution in [0.2, 0.25) is 0 Å². The van der Waals surface area contributed by atoms with Crippen molar-refractivity contribution in [1.29, 1.82) is 0 Å². The fourth-order valence-corrected chi connectivity index (χ4v) is 3.21. The van der Waals surface area contributed by atoms with Crippen LogP contribution in [0.4, 0.5) is 0 Å². The van der Waals surface area contributed by atoms with Crippen LogP contribution < -0.4 is 5.73 Å². The highest BCUT2D eigenvalue weighted by Gasteiger charge is 2.18. The van der Waals surface area contributed by atoms with E-state index in [1.54, 1.807) is 11.3 Å². The fourth-order valence-electron chi connectivity index (χ4n) is 1.39. The molecule has 92 valence electrons. The third-order valence-corrected chi connectivity index (χ3v) is 4.57. The van der Waals surface area contributed by atoms with Gasteiger partial charge in [-0.25, -0.2) is 4.98 Å². The summed E-state index contributed by atoms with van der Waals surface area (Å²) in [4.78, 5) is 6.67. The third-order valence-electron chi connectivity index (χ3n) is 2.65. The number of nitrogens with two attached hydrogens (primary N) is 1. The summed E-state index contributed by atoms with van der Waals surface area (Å²) in [5, 5.41) is 2.63. The Bertz CT molecular complexity index is 275. The maximum Gasteiger partial charge on any atom is 0.0795 e. The first-order valence-electron chi connectivity index (χ1n) is 5.51. The summed E-state index contributed by atoms with van der Waals surface area (Å²) in [5.41, 5.74) is 8.69. The van der Waals surface area contributed by atoms with Gasteiger partial charge in [0.25, 0.3) is 0 Å². The van der Waals surface area contributed by atoms with Crippen LogP contribution in [0.25, 0.3) is 0 Å². The fraction of sp³-hybridized carbons (Fsp3) is 0.727. The molecule has 0 saturated carbocycles. The van der Waals surface area contributed by atoms with E-state index < -0.39 is 0 Å². The van der Waals surface area contributed by atoms with Gasteiger partial charge in [0, 0.05) is 29.0 Å². The molecule has 0 bridgehead atoms. The smallest absolute Gasteiger partial charge is 0.0795 e. The minimum atomic E-state index is 0.479. The van der Waals surface area contributed by atoms with E-state index in [9.17, 15) is 0 Å². The van der Waals surface area contributed by atoms with Gasteiger partial charge in [0.05, 0.1) is 11.2 Å². The molecular formula is C11H21N3S2. The Morgan fingerprint density at radius 3 is 2.81 bits per heavy atom. The molecular weight excluding hydrogens is 238 g/mol. The van der Waals surface area contributed by atoms with E-state index in [0.29, 0.717) is 11.3 Å². The average Bonchev–Trinajstić information content (AvgIpc) is 2.76. The Hall–Kier alpha value is -0.100. The number of aromatic nitrogens is 1. The van der Waals surface area contributed by atoms with Crippen molar-refractivity contribution < 1.29 is 0 Å². The van der Waals surface area contributed by atoms with Crippen LogP contribution in [0.1, 0.15) is 24.3 Å². The number of hydrogen-bond acceptors (Lipinski definition) is 5. The van der Waals surface area contributed by atoms with Gasteiger partial charge >= 0.3 is 0 Å². The maximum atomic E-state index is 5.57. The minimum Gasteiger partial charge on any atom is -0.330 e. The highest BCUT2D eigenvalue weighted by Crippen LogP contribution is 2.33. The molecule has 1 aromatic rings. The van der Waals surface area contributed by atoms with E-state index in [1.165, 1.54) is 5.69 Å². The summed E-state index contributed by atoms with van der Waals surface area (Å²) in [6, 6.07) is 0.567. The largest absolute Gasteiger partial charge is 0.330 e. The molecule has 0 aliphatic carbocycles. The first-order chi connectivity index (χ1) is 7.65. The van der Waals surface area contributed by atoms with Crippen LogP contribution in [0.15, 0.2) is 10.9 Å². The van der Waals surface area contributed by atoms with Crippen LogP contribution in [-0.2, 0) is 0 Å². The summed E-state index contributed by atoms with van der Waals surface area (Å²) in [7, 11) is 4.24. The Balaban J connectivity index is 2.57. The average molecular weight is 259 g/mol. The van der Waals surface area contributed by atoms with E-state index >= 15 is 0 Å². The van der Waals surface area contributed by atoms with E-state index in [2.05, 4.69) is 36.3 Å². The van der Waals surface area contributed by atoms with Crippen LogP contribution in [-0.4, -0.2) is 42.3 Å². The monoisotopic (exact) mass is 259 g/mol. The molecule has 16 heavy (non-hydrogen) atoms. The molecule has 2 unspecified atom stereocenters. The second-order valence-electron chi connectivity index (χ2n) is 4.11. The van der Waals surface area contributed by atoms with E-state index in [1.807, 2.05) is 17.3 Å². The van der Waals surface area contributed by atoms with E-state index in [4.69, 9.17) is 5.73 Å². The Morgan fingerprint density at radius 2 is 2.31 bits per heavy atom. The van der Waals surface area contributed by atoms with E-state index in [0.717, 1.165) is 18.7 Å². The minimum absolute atomic E-state index is 0.479. The quantitative estimate of drug-likeness (QED) is 0.815. The van der Waals surface area contributed by atoms with E-state index in [-0.39, 0.29) is 0 Å². The van der Waals surface area contributed by atoms with Crippen molar-refractivity contribution in [2.24, 2.45) is 5.73 Å². The molecule has 1 rings (SSSR count). The molecule has 1 heterocycles. The van der Waals surface area contributed by atoms with Crippen LogP contribution in [0.3, 0.4) is 0 Å². The lowest BCUT2D eigenvalue weighted by Crippen LogP contribution is -2.26. The number of nitrogens with zero attached hydrogens (tertiary/aromatic N) is 2. The van der Waals surface area contributed by atoms with Crippen molar-refractivity contribution in [2.45, 2.75) is 24.6 Å². The number of thioether (sulfide) groups is 1. The van der Waals surface area contributed by atoms with Gasteiger partial charge in [-0.15, -0.1) is 11.3 Å². The molecule has 0 aromatic carbocycles. The second-order valence-corrected chi connectivity index (χ2v) is 6.14. The van der Waals surface area contributed by atoms with Crippen LogP contribution >= 0.6 is 23.1 Å². The molecule has 0 fully saturated rings. The molecule has 0 spiro atoms. The normalized spacial score (nSPS) is 15.3. The predicted octanol–water partition coefficient (Wildman–Crippen LogP) is 2.22.